The van der Waals surface area contributed by atoms with Gasteiger partial charge in [-0.1, -0.05) is 0 Å². The Balaban J connectivity index is -0.0000000184. The first-order valence-corrected chi connectivity index (χ1v) is 5.51. The molecule has 0 fully saturated rings. The fourth-order valence-corrected chi connectivity index (χ4v) is 0. The van der Waals surface area contributed by atoms with Gasteiger partial charge in [-0.25, -0.2) is 0 Å². The molecule has 0 unspecified atom stereocenters. The zero-order valence-electron chi connectivity index (χ0n) is 6.91. The van der Waals surface area contributed by atoms with Gasteiger partial charge in [0.15, 0.2) is 0 Å². The summed E-state index contributed by atoms with van der Waals surface area (Å²) in [4.78, 5) is 51.1. The minimum atomic E-state index is -3.63. The van der Waals surface area contributed by atoms with Gasteiger partial charge in [0, 0.05) is 27.5 Å². The largest absolute Gasteiger partial charge is 3.00 e. The predicted molar refractivity (Wildman–Crippen MR) is 19.3 cm³/mol. The molecule has 0 bridgehead atoms. The normalized spacial score (nSPS) is 4.80. The molecule has 2 radical (unpaired) electrons. The van der Waals surface area contributed by atoms with Crippen LogP contribution in [0.2, 0.25) is 0 Å². The SMILES string of the molecule is O=[Si]([O-])[O-].O=[Si]([O-])[O-].O=[Si]([O-])[O-].[Fe+3].[Li+].[Mn+2]. The van der Waals surface area contributed by atoms with Crippen LogP contribution >= 0.6 is 0 Å². The van der Waals surface area contributed by atoms with E-state index in [1.165, 1.54) is 0 Å². The topological polar surface area (TPSA) is 190 Å². The summed E-state index contributed by atoms with van der Waals surface area (Å²) >= 11 is 0. The van der Waals surface area contributed by atoms with Gasteiger partial charge in [0.05, 0.1) is 0 Å². The summed E-state index contributed by atoms with van der Waals surface area (Å²) in [6, 6.07) is 0. The fraction of sp³-hybridized carbons (Fsp3) is 0. The van der Waals surface area contributed by atoms with Crippen molar-refractivity contribution in [2.75, 3.05) is 0 Å². The first kappa shape index (κ1) is 36.1. The monoisotopic (exact) mass is 346 g/mol. The van der Waals surface area contributed by atoms with Crippen LogP contribution in [0.3, 0.4) is 0 Å². The van der Waals surface area contributed by atoms with Crippen molar-refractivity contribution in [3.63, 3.8) is 0 Å². The zero-order valence-corrected chi connectivity index (χ0v) is 12.2. The maximum atomic E-state index is 8.52. The Morgan fingerprint density at radius 1 is 0.600 bits per heavy atom. The summed E-state index contributed by atoms with van der Waals surface area (Å²) in [6.07, 6.45) is 0. The minimum absolute atomic E-state index is 0. The minimum Gasteiger partial charge on any atom is -0.672 e. The van der Waals surface area contributed by atoms with Gasteiger partial charge in [-0.3, -0.25) is 0 Å². The summed E-state index contributed by atoms with van der Waals surface area (Å²) < 4.78 is 25.6. The van der Waals surface area contributed by atoms with E-state index in [0.717, 1.165) is 0 Å². The number of rotatable bonds is 0. The average molecular weight is 346 g/mol. The van der Waals surface area contributed by atoms with Crippen LogP contribution < -0.4 is 47.6 Å². The van der Waals surface area contributed by atoms with Crippen molar-refractivity contribution in [1.82, 2.24) is 0 Å². The van der Waals surface area contributed by atoms with Crippen LogP contribution in [-0.2, 0) is 47.5 Å². The van der Waals surface area contributed by atoms with Gasteiger partial charge in [0.25, 0.3) is 0 Å². The van der Waals surface area contributed by atoms with Crippen molar-refractivity contribution in [2.24, 2.45) is 0 Å². The molecule has 0 aromatic carbocycles. The van der Waals surface area contributed by atoms with Crippen LogP contribution in [0.25, 0.3) is 0 Å². The zero-order chi connectivity index (χ0) is 10.7. The predicted octanol–water partition coefficient (Wildman–Crippen LogP) is -11.6. The van der Waals surface area contributed by atoms with Gasteiger partial charge in [-0.15, -0.1) is 0 Å². The van der Waals surface area contributed by atoms with Gasteiger partial charge in [0.1, 0.15) is 0 Å². The van der Waals surface area contributed by atoms with Crippen molar-refractivity contribution in [3.05, 3.63) is 0 Å². The molecule has 0 aliphatic carbocycles. The standard InChI is InChI=1S/Fe.Li.Mn.3O3Si/c;;;3*1-4(2)3/q+3;+1;+2;3*-2. The summed E-state index contributed by atoms with van der Waals surface area (Å²) in [6.45, 7) is 0. The molecule has 0 atom stereocenters. The molecule has 0 aromatic heterocycles. The second-order valence-electron chi connectivity index (χ2n) is 0.750. The molecule has 0 spiro atoms. The maximum Gasteiger partial charge on any atom is 3.00 e. The Bertz CT molecular complexity index is 123. The van der Waals surface area contributed by atoms with E-state index in [4.69, 9.17) is 42.2 Å². The fourth-order valence-electron chi connectivity index (χ4n) is 0. The summed E-state index contributed by atoms with van der Waals surface area (Å²) in [5, 5.41) is 0. The van der Waals surface area contributed by atoms with E-state index in [2.05, 4.69) is 0 Å². The van der Waals surface area contributed by atoms with Gasteiger partial charge in [0.2, 0.25) is 0 Å². The molecule has 0 heterocycles. The molecular weight excluding hydrogens is 346 g/mol. The maximum absolute atomic E-state index is 8.52. The Kier molecular flexibility index (Phi) is 70.5. The number of hydrogen-bond donors (Lipinski definition) is 0. The van der Waals surface area contributed by atoms with E-state index >= 15 is 0 Å². The van der Waals surface area contributed by atoms with Crippen molar-refractivity contribution in [1.29, 1.82) is 0 Å². The van der Waals surface area contributed by atoms with Crippen LogP contribution in [0.5, 0.6) is 0 Å². The Morgan fingerprint density at radius 2 is 0.600 bits per heavy atom. The third-order valence-corrected chi connectivity index (χ3v) is 0. The van der Waals surface area contributed by atoms with Crippen LogP contribution in [-0.4, -0.2) is 27.5 Å². The van der Waals surface area contributed by atoms with Crippen molar-refractivity contribution in [3.8, 4) is 0 Å². The Morgan fingerprint density at radius 3 is 0.600 bits per heavy atom. The molecule has 0 aromatic rings. The van der Waals surface area contributed by atoms with Gasteiger partial charge in [-0.05, 0) is 0 Å². The van der Waals surface area contributed by atoms with Crippen molar-refractivity contribution >= 4 is 27.5 Å². The van der Waals surface area contributed by atoms with E-state index in [9.17, 15) is 0 Å². The van der Waals surface area contributed by atoms with E-state index in [0.29, 0.717) is 0 Å². The molecule has 9 nitrogen and oxygen atoms in total. The molecule has 0 N–H and O–H groups in total. The van der Waals surface area contributed by atoms with Crippen LogP contribution in [0.15, 0.2) is 0 Å². The quantitative estimate of drug-likeness (QED) is 0.383. The van der Waals surface area contributed by atoms with E-state index in [-0.39, 0.29) is 53.0 Å². The third kappa shape index (κ3) is 9520. The molecule has 15 heteroatoms. The van der Waals surface area contributed by atoms with Gasteiger partial charge < -0.3 is 42.2 Å². The molecule has 0 rings (SSSR count). The summed E-state index contributed by atoms with van der Waals surface area (Å²) in [7, 11) is -10.9. The molecule has 0 aliphatic rings. The molecule has 82 valence electrons. The van der Waals surface area contributed by atoms with E-state index < -0.39 is 27.5 Å². The van der Waals surface area contributed by atoms with Crippen LogP contribution in [0.4, 0.5) is 0 Å². The molecule has 0 saturated carbocycles. The first-order valence-electron chi connectivity index (χ1n) is 1.84. The van der Waals surface area contributed by atoms with E-state index in [1.54, 1.807) is 0 Å². The van der Waals surface area contributed by atoms with Gasteiger partial charge in [-0.2, -0.15) is 0 Å². The second-order valence-corrected chi connectivity index (χ2v) is 2.25. The Hall–Kier alpha value is 0.487. The average Bonchev–Trinajstić information content (AvgIpc) is 1.54. The van der Waals surface area contributed by atoms with Crippen LogP contribution in [0.1, 0.15) is 0 Å². The molecule has 0 amide bonds. The molecular formula is FeLiMnO9Si3. The van der Waals surface area contributed by atoms with Gasteiger partial charge >= 0.3 is 53.0 Å². The third-order valence-electron chi connectivity index (χ3n) is 0. The second kappa shape index (κ2) is 29.3. The Labute approximate surface area is 122 Å². The van der Waals surface area contributed by atoms with E-state index in [1.807, 2.05) is 0 Å². The first-order chi connectivity index (χ1) is 5.20. The van der Waals surface area contributed by atoms with Crippen molar-refractivity contribution in [2.45, 2.75) is 0 Å². The summed E-state index contributed by atoms with van der Waals surface area (Å²) in [5.74, 6) is 0. The van der Waals surface area contributed by atoms with Crippen LogP contribution in [0, 0.1) is 0 Å². The summed E-state index contributed by atoms with van der Waals surface area (Å²) in [5.41, 5.74) is 0. The smallest absolute Gasteiger partial charge is 0.672 e. The molecule has 15 heavy (non-hydrogen) atoms. The number of hydrogen-bond acceptors (Lipinski definition) is 9. The molecule has 0 aliphatic heterocycles. The molecule has 0 saturated heterocycles. The van der Waals surface area contributed by atoms with Crippen molar-refractivity contribution < 1.29 is 95.2 Å².